The van der Waals surface area contributed by atoms with Gasteiger partial charge in [0.2, 0.25) is 0 Å². The summed E-state index contributed by atoms with van der Waals surface area (Å²) in [6.07, 6.45) is 2.24. The first-order valence-electron chi connectivity index (χ1n) is 9.66. The largest absolute Gasteiger partial charge is 0.334 e. The SMILES string of the molecule is C=CCNC(=O)Nc1cc(C)ccc1N1CCCN(Cc2ccc(F)cc2F)C1=O. The van der Waals surface area contributed by atoms with Crippen molar-refractivity contribution in [3.8, 4) is 0 Å². The van der Waals surface area contributed by atoms with Gasteiger partial charge >= 0.3 is 12.1 Å². The zero-order chi connectivity index (χ0) is 21.7. The van der Waals surface area contributed by atoms with Gasteiger partial charge in [-0.25, -0.2) is 18.4 Å². The Morgan fingerprint density at radius 2 is 2.00 bits per heavy atom. The Morgan fingerprint density at radius 1 is 1.20 bits per heavy atom. The van der Waals surface area contributed by atoms with Gasteiger partial charge < -0.3 is 15.5 Å². The minimum atomic E-state index is -0.684. The molecule has 8 heteroatoms. The number of hydrogen-bond acceptors (Lipinski definition) is 2. The van der Waals surface area contributed by atoms with Gasteiger partial charge in [-0.3, -0.25) is 4.90 Å². The zero-order valence-electron chi connectivity index (χ0n) is 16.8. The standard InChI is InChI=1S/C22H24F2N4O2/c1-3-9-25-21(29)26-19-12-15(2)5-8-20(19)28-11-4-10-27(22(28)30)14-16-6-7-17(23)13-18(16)24/h3,5-8,12-13H,1,4,9-11,14H2,2H3,(H2,25,26,29). The van der Waals surface area contributed by atoms with Crippen LogP contribution in [0.15, 0.2) is 49.1 Å². The molecule has 2 N–H and O–H groups in total. The summed E-state index contributed by atoms with van der Waals surface area (Å²) in [7, 11) is 0. The maximum atomic E-state index is 14.1. The molecule has 0 saturated carbocycles. The Balaban J connectivity index is 1.82. The van der Waals surface area contributed by atoms with Crippen molar-refractivity contribution in [2.75, 3.05) is 29.9 Å². The number of urea groups is 2. The van der Waals surface area contributed by atoms with Gasteiger partial charge in [0.1, 0.15) is 11.6 Å². The number of rotatable bonds is 6. The number of carbonyl (C=O) groups is 2. The van der Waals surface area contributed by atoms with Gasteiger partial charge in [-0.15, -0.1) is 6.58 Å². The highest BCUT2D eigenvalue weighted by atomic mass is 19.1. The lowest BCUT2D eigenvalue weighted by Gasteiger charge is -2.36. The highest BCUT2D eigenvalue weighted by Gasteiger charge is 2.29. The maximum absolute atomic E-state index is 14.1. The number of halogens is 2. The van der Waals surface area contributed by atoms with Gasteiger partial charge in [0.15, 0.2) is 0 Å². The van der Waals surface area contributed by atoms with E-state index in [0.29, 0.717) is 37.4 Å². The summed E-state index contributed by atoms with van der Waals surface area (Å²) in [4.78, 5) is 28.3. The normalized spacial score (nSPS) is 13.9. The highest BCUT2D eigenvalue weighted by molar-refractivity contribution is 6.00. The number of nitrogens with one attached hydrogen (secondary N) is 2. The number of benzene rings is 2. The summed E-state index contributed by atoms with van der Waals surface area (Å²) in [5.74, 6) is -1.34. The molecule has 2 aromatic carbocycles. The molecule has 1 fully saturated rings. The minimum Gasteiger partial charge on any atom is -0.334 e. The molecule has 1 saturated heterocycles. The summed E-state index contributed by atoms with van der Waals surface area (Å²) in [6, 6.07) is 8.04. The molecule has 0 radical (unpaired) electrons. The van der Waals surface area contributed by atoms with E-state index in [1.54, 1.807) is 23.1 Å². The van der Waals surface area contributed by atoms with Crippen molar-refractivity contribution in [3.63, 3.8) is 0 Å². The predicted octanol–water partition coefficient (Wildman–Crippen LogP) is 4.41. The Hall–Kier alpha value is -3.42. The van der Waals surface area contributed by atoms with E-state index in [2.05, 4.69) is 17.2 Å². The zero-order valence-corrected chi connectivity index (χ0v) is 16.8. The molecule has 30 heavy (non-hydrogen) atoms. The fourth-order valence-electron chi connectivity index (χ4n) is 3.32. The van der Waals surface area contributed by atoms with Crippen LogP contribution in [0.25, 0.3) is 0 Å². The first-order valence-corrected chi connectivity index (χ1v) is 9.66. The third-order valence-corrected chi connectivity index (χ3v) is 4.79. The molecule has 0 aromatic heterocycles. The van der Waals surface area contributed by atoms with Crippen molar-refractivity contribution < 1.29 is 18.4 Å². The van der Waals surface area contributed by atoms with Crippen LogP contribution in [0, 0.1) is 18.6 Å². The van der Waals surface area contributed by atoms with Crippen LogP contribution in [-0.2, 0) is 6.54 Å². The van der Waals surface area contributed by atoms with E-state index in [4.69, 9.17) is 0 Å². The quantitative estimate of drug-likeness (QED) is 0.688. The molecule has 0 aliphatic carbocycles. The van der Waals surface area contributed by atoms with Crippen molar-refractivity contribution >= 4 is 23.4 Å². The van der Waals surface area contributed by atoms with Crippen LogP contribution >= 0.6 is 0 Å². The van der Waals surface area contributed by atoms with Gasteiger partial charge in [-0.05, 0) is 37.1 Å². The maximum Gasteiger partial charge on any atom is 0.324 e. The molecule has 6 nitrogen and oxygen atoms in total. The van der Waals surface area contributed by atoms with Crippen molar-refractivity contribution in [2.24, 2.45) is 0 Å². The molecule has 1 aliphatic heterocycles. The van der Waals surface area contributed by atoms with Crippen molar-refractivity contribution in [1.82, 2.24) is 10.2 Å². The summed E-state index contributed by atoms with van der Waals surface area (Å²) >= 11 is 0. The highest BCUT2D eigenvalue weighted by Crippen LogP contribution is 2.30. The van der Waals surface area contributed by atoms with Gasteiger partial charge in [0.05, 0.1) is 17.9 Å². The molecule has 0 unspecified atom stereocenters. The molecule has 0 bridgehead atoms. The van der Waals surface area contributed by atoms with E-state index in [1.807, 2.05) is 13.0 Å². The molecule has 1 heterocycles. The lowest BCUT2D eigenvalue weighted by molar-refractivity contribution is 0.192. The van der Waals surface area contributed by atoms with Crippen LogP contribution in [-0.4, -0.2) is 36.6 Å². The first-order chi connectivity index (χ1) is 14.4. The van der Waals surface area contributed by atoms with Crippen molar-refractivity contribution in [2.45, 2.75) is 19.9 Å². The van der Waals surface area contributed by atoms with Gasteiger partial charge in [-0.2, -0.15) is 0 Å². The third-order valence-electron chi connectivity index (χ3n) is 4.79. The van der Waals surface area contributed by atoms with Gasteiger partial charge in [0.25, 0.3) is 0 Å². The van der Waals surface area contributed by atoms with E-state index in [0.717, 1.165) is 11.6 Å². The Kier molecular flexibility index (Phi) is 6.66. The molecule has 0 spiro atoms. The Morgan fingerprint density at radius 3 is 2.73 bits per heavy atom. The molecule has 1 aliphatic rings. The van der Waals surface area contributed by atoms with Crippen molar-refractivity contribution in [3.05, 3.63) is 71.8 Å². The fourth-order valence-corrected chi connectivity index (χ4v) is 3.32. The van der Waals surface area contributed by atoms with E-state index in [-0.39, 0.29) is 18.1 Å². The van der Waals surface area contributed by atoms with E-state index in [9.17, 15) is 18.4 Å². The molecular formula is C22H24F2N4O2. The van der Waals surface area contributed by atoms with Crippen LogP contribution in [0.3, 0.4) is 0 Å². The lowest BCUT2D eigenvalue weighted by atomic mass is 10.1. The summed E-state index contributed by atoms with van der Waals surface area (Å²) in [5, 5.41) is 5.41. The Labute approximate surface area is 174 Å². The summed E-state index contributed by atoms with van der Waals surface area (Å²) in [5.41, 5.74) is 2.23. The van der Waals surface area contributed by atoms with Crippen molar-refractivity contribution in [1.29, 1.82) is 0 Å². The van der Waals surface area contributed by atoms with E-state index in [1.165, 1.54) is 17.0 Å². The molecule has 4 amide bonds. The second-order valence-electron chi connectivity index (χ2n) is 7.09. The fraction of sp³-hybridized carbons (Fsp3) is 0.273. The van der Waals surface area contributed by atoms with E-state index < -0.39 is 17.7 Å². The van der Waals surface area contributed by atoms with Gasteiger partial charge in [-0.1, -0.05) is 18.2 Å². The summed E-state index contributed by atoms with van der Waals surface area (Å²) < 4.78 is 27.2. The molecular weight excluding hydrogens is 390 g/mol. The number of amides is 4. The first kappa shape index (κ1) is 21.3. The minimum absolute atomic E-state index is 0.0376. The van der Waals surface area contributed by atoms with E-state index >= 15 is 0 Å². The topological polar surface area (TPSA) is 64.7 Å². The number of hydrogen-bond donors (Lipinski definition) is 2. The average Bonchev–Trinajstić information content (AvgIpc) is 2.70. The smallest absolute Gasteiger partial charge is 0.324 e. The van der Waals surface area contributed by atoms with Crippen LogP contribution in [0.2, 0.25) is 0 Å². The average molecular weight is 414 g/mol. The summed E-state index contributed by atoms with van der Waals surface area (Å²) in [6.45, 7) is 6.72. The number of nitrogens with zero attached hydrogens (tertiary/aromatic N) is 2. The second-order valence-corrected chi connectivity index (χ2v) is 7.09. The predicted molar refractivity (Wildman–Crippen MR) is 113 cm³/mol. The third kappa shape index (κ3) is 4.94. The molecule has 0 atom stereocenters. The second kappa shape index (κ2) is 9.39. The lowest BCUT2D eigenvalue weighted by Crippen LogP contribution is -2.49. The van der Waals surface area contributed by atoms with Gasteiger partial charge in [0, 0.05) is 31.3 Å². The van der Waals surface area contributed by atoms with Crippen LogP contribution in [0.4, 0.5) is 29.7 Å². The Bertz CT molecular complexity index is 964. The van der Waals surface area contributed by atoms with Crippen LogP contribution in [0.5, 0.6) is 0 Å². The van der Waals surface area contributed by atoms with Crippen LogP contribution < -0.4 is 15.5 Å². The molecule has 2 aromatic rings. The monoisotopic (exact) mass is 414 g/mol. The molecule has 158 valence electrons. The number of anilines is 2. The van der Waals surface area contributed by atoms with Crippen LogP contribution in [0.1, 0.15) is 17.5 Å². The number of aryl methyl sites for hydroxylation is 1. The molecule has 3 rings (SSSR count). The number of carbonyl (C=O) groups excluding carboxylic acids is 2.